The van der Waals surface area contributed by atoms with E-state index in [1.54, 1.807) is 6.92 Å². The minimum Gasteiger partial charge on any atom is -0.397 e. The number of halogens is 3. The van der Waals surface area contributed by atoms with E-state index in [0.29, 0.717) is 11.3 Å². The van der Waals surface area contributed by atoms with Crippen molar-refractivity contribution >= 4 is 17.4 Å². The summed E-state index contributed by atoms with van der Waals surface area (Å²) >= 11 is -0.153. The summed E-state index contributed by atoms with van der Waals surface area (Å²) in [5.74, 6) is -0.202. The van der Waals surface area contributed by atoms with E-state index in [1.165, 1.54) is 16.8 Å². The standard InChI is InChI=1S/C9H11F3N2OS/c1-6-4-8(15)14(5-7(6)13)2-3-16-9(10,11)12/h4-5H,2-3,13H2,1H3. The number of thioether (sulfide) groups is 1. The van der Waals surface area contributed by atoms with Crippen molar-refractivity contribution < 1.29 is 13.2 Å². The zero-order valence-corrected chi connectivity index (χ0v) is 9.36. The summed E-state index contributed by atoms with van der Waals surface area (Å²) in [5, 5.41) is 0. The molecule has 0 amide bonds. The molecule has 1 heterocycles. The first-order valence-electron chi connectivity index (χ1n) is 4.47. The summed E-state index contributed by atoms with van der Waals surface area (Å²) in [6.07, 6.45) is 1.37. The highest BCUT2D eigenvalue weighted by Gasteiger charge is 2.27. The predicted molar refractivity (Wildman–Crippen MR) is 58.4 cm³/mol. The van der Waals surface area contributed by atoms with Crippen molar-refractivity contribution in [2.24, 2.45) is 0 Å². The van der Waals surface area contributed by atoms with Gasteiger partial charge in [-0.05, 0) is 24.2 Å². The molecular formula is C9H11F3N2OS. The molecule has 16 heavy (non-hydrogen) atoms. The Morgan fingerprint density at radius 2 is 2.12 bits per heavy atom. The van der Waals surface area contributed by atoms with Crippen LogP contribution in [0.15, 0.2) is 17.1 Å². The van der Waals surface area contributed by atoms with Gasteiger partial charge in [0.1, 0.15) is 0 Å². The largest absolute Gasteiger partial charge is 0.441 e. The average molecular weight is 252 g/mol. The van der Waals surface area contributed by atoms with Crippen molar-refractivity contribution in [1.29, 1.82) is 0 Å². The first-order chi connectivity index (χ1) is 7.29. The number of nitrogens with zero attached hydrogens (tertiary/aromatic N) is 1. The molecule has 7 heteroatoms. The number of aromatic nitrogens is 1. The average Bonchev–Trinajstić information content (AvgIpc) is 2.11. The first-order valence-corrected chi connectivity index (χ1v) is 5.45. The third kappa shape index (κ3) is 3.80. The van der Waals surface area contributed by atoms with Gasteiger partial charge in [0.2, 0.25) is 0 Å². The van der Waals surface area contributed by atoms with E-state index in [4.69, 9.17) is 5.73 Å². The third-order valence-corrected chi connectivity index (χ3v) is 2.69. The van der Waals surface area contributed by atoms with E-state index < -0.39 is 5.51 Å². The maximum atomic E-state index is 11.9. The van der Waals surface area contributed by atoms with E-state index in [-0.39, 0.29) is 29.6 Å². The topological polar surface area (TPSA) is 48.0 Å². The zero-order valence-electron chi connectivity index (χ0n) is 8.54. The zero-order chi connectivity index (χ0) is 12.3. The second kappa shape index (κ2) is 4.82. The Balaban J connectivity index is 2.68. The van der Waals surface area contributed by atoms with Gasteiger partial charge in [-0.2, -0.15) is 13.2 Å². The van der Waals surface area contributed by atoms with Crippen molar-refractivity contribution in [2.75, 3.05) is 11.5 Å². The van der Waals surface area contributed by atoms with Gasteiger partial charge in [-0.25, -0.2) is 0 Å². The molecule has 0 aromatic carbocycles. The minimum absolute atomic E-state index is 0.00646. The van der Waals surface area contributed by atoms with Gasteiger partial charge in [-0.15, -0.1) is 0 Å². The van der Waals surface area contributed by atoms with Gasteiger partial charge in [-0.1, -0.05) is 0 Å². The summed E-state index contributed by atoms with van der Waals surface area (Å²) in [7, 11) is 0. The monoisotopic (exact) mass is 252 g/mol. The Bertz CT molecular complexity index is 428. The van der Waals surface area contributed by atoms with Crippen LogP contribution < -0.4 is 11.3 Å². The molecule has 0 atom stereocenters. The van der Waals surface area contributed by atoms with Crippen molar-refractivity contribution in [3.05, 3.63) is 28.2 Å². The van der Waals surface area contributed by atoms with Crippen molar-refractivity contribution in [3.63, 3.8) is 0 Å². The highest BCUT2D eigenvalue weighted by Crippen LogP contribution is 2.29. The number of nitrogens with two attached hydrogens (primary N) is 1. The molecule has 0 radical (unpaired) electrons. The van der Waals surface area contributed by atoms with Crippen LogP contribution in [-0.2, 0) is 6.54 Å². The van der Waals surface area contributed by atoms with Crippen LogP contribution in [0.4, 0.5) is 18.9 Å². The molecule has 0 saturated heterocycles. The van der Waals surface area contributed by atoms with Gasteiger partial charge in [0.05, 0.1) is 5.69 Å². The molecule has 2 N–H and O–H groups in total. The lowest BCUT2D eigenvalue weighted by Gasteiger charge is -2.09. The SMILES string of the molecule is Cc1cc(=O)n(CCSC(F)(F)F)cc1N. The molecule has 0 aliphatic carbocycles. The molecule has 0 saturated carbocycles. The lowest BCUT2D eigenvalue weighted by atomic mass is 10.2. The second-order valence-electron chi connectivity index (χ2n) is 3.24. The molecule has 1 rings (SSSR count). The number of anilines is 1. The summed E-state index contributed by atoms with van der Waals surface area (Å²) in [5.41, 5.74) is 1.98. The van der Waals surface area contributed by atoms with Crippen LogP contribution in [0.1, 0.15) is 5.56 Å². The number of hydrogen-bond acceptors (Lipinski definition) is 3. The maximum absolute atomic E-state index is 11.9. The lowest BCUT2D eigenvalue weighted by Crippen LogP contribution is -2.21. The smallest absolute Gasteiger partial charge is 0.397 e. The molecule has 0 unspecified atom stereocenters. The first kappa shape index (κ1) is 13.0. The van der Waals surface area contributed by atoms with Crippen LogP contribution in [0, 0.1) is 6.92 Å². The predicted octanol–water partition coefficient (Wildman–Crippen LogP) is 1.99. The van der Waals surface area contributed by atoms with Crippen LogP contribution in [0.5, 0.6) is 0 Å². The number of aryl methyl sites for hydroxylation is 2. The van der Waals surface area contributed by atoms with E-state index in [1.807, 2.05) is 0 Å². The van der Waals surface area contributed by atoms with E-state index >= 15 is 0 Å². The van der Waals surface area contributed by atoms with Crippen molar-refractivity contribution in [1.82, 2.24) is 4.57 Å². The molecule has 1 aromatic heterocycles. The number of hydrogen-bond donors (Lipinski definition) is 1. The van der Waals surface area contributed by atoms with Gasteiger partial charge in [-0.3, -0.25) is 4.79 Å². The fourth-order valence-corrected chi connectivity index (χ4v) is 1.64. The quantitative estimate of drug-likeness (QED) is 0.895. The summed E-state index contributed by atoms with van der Waals surface area (Å²) in [6, 6.07) is 1.31. The summed E-state index contributed by atoms with van der Waals surface area (Å²) in [6.45, 7) is 1.67. The molecule has 3 nitrogen and oxygen atoms in total. The van der Waals surface area contributed by atoms with E-state index in [9.17, 15) is 18.0 Å². The molecule has 0 bridgehead atoms. The highest BCUT2D eigenvalue weighted by atomic mass is 32.2. The van der Waals surface area contributed by atoms with Gasteiger partial charge in [0.25, 0.3) is 5.56 Å². The Morgan fingerprint density at radius 3 is 2.69 bits per heavy atom. The Kier molecular flexibility index (Phi) is 3.90. The normalized spacial score (nSPS) is 11.8. The van der Waals surface area contributed by atoms with Crippen LogP contribution in [0.2, 0.25) is 0 Å². The van der Waals surface area contributed by atoms with Gasteiger partial charge >= 0.3 is 5.51 Å². The number of nitrogen functional groups attached to an aromatic ring is 1. The second-order valence-corrected chi connectivity index (χ2v) is 4.40. The molecule has 0 aliphatic heterocycles. The molecular weight excluding hydrogens is 241 g/mol. The molecule has 90 valence electrons. The Morgan fingerprint density at radius 1 is 1.50 bits per heavy atom. The van der Waals surface area contributed by atoms with Crippen LogP contribution in [0.25, 0.3) is 0 Å². The summed E-state index contributed by atoms with van der Waals surface area (Å²) < 4.78 is 36.7. The highest BCUT2D eigenvalue weighted by molar-refractivity contribution is 8.00. The Hall–Kier alpha value is -1.11. The fraction of sp³-hybridized carbons (Fsp3) is 0.444. The fourth-order valence-electron chi connectivity index (χ4n) is 1.12. The van der Waals surface area contributed by atoms with Gasteiger partial charge < -0.3 is 10.3 Å². The van der Waals surface area contributed by atoms with E-state index in [2.05, 4.69) is 0 Å². The number of pyridine rings is 1. The van der Waals surface area contributed by atoms with Crippen molar-refractivity contribution in [2.45, 2.75) is 19.0 Å². The van der Waals surface area contributed by atoms with Gasteiger partial charge in [0, 0.05) is 24.6 Å². The maximum Gasteiger partial charge on any atom is 0.441 e. The lowest BCUT2D eigenvalue weighted by molar-refractivity contribution is -0.0328. The van der Waals surface area contributed by atoms with Crippen LogP contribution >= 0.6 is 11.8 Å². The Labute approximate surface area is 94.4 Å². The third-order valence-electron chi connectivity index (χ3n) is 1.97. The van der Waals surface area contributed by atoms with Crippen LogP contribution in [0.3, 0.4) is 0 Å². The molecule has 0 aliphatic rings. The summed E-state index contributed by atoms with van der Waals surface area (Å²) in [4.78, 5) is 11.4. The number of rotatable bonds is 3. The number of alkyl halides is 3. The molecule has 1 aromatic rings. The van der Waals surface area contributed by atoms with Crippen molar-refractivity contribution in [3.8, 4) is 0 Å². The van der Waals surface area contributed by atoms with Crippen LogP contribution in [-0.4, -0.2) is 15.8 Å². The molecule has 0 fully saturated rings. The minimum atomic E-state index is -4.26. The van der Waals surface area contributed by atoms with Gasteiger partial charge in [0.15, 0.2) is 0 Å². The van der Waals surface area contributed by atoms with E-state index in [0.717, 1.165) is 0 Å². The molecule has 0 spiro atoms.